The lowest BCUT2D eigenvalue weighted by molar-refractivity contribution is 0.290. The van der Waals surface area contributed by atoms with Crippen molar-refractivity contribution in [3.63, 3.8) is 0 Å². The molecule has 2 rings (SSSR count). The molecule has 0 saturated carbocycles. The van der Waals surface area contributed by atoms with Crippen LogP contribution in [0.25, 0.3) is 0 Å². The van der Waals surface area contributed by atoms with Crippen LogP contribution in [0.15, 0.2) is 15.8 Å². The maximum atomic E-state index is 4.73. The number of thiophene rings is 1. The summed E-state index contributed by atoms with van der Waals surface area (Å²) in [7, 11) is 0. The molecule has 1 aromatic heterocycles. The lowest BCUT2D eigenvalue weighted by Gasteiger charge is -2.35. The van der Waals surface area contributed by atoms with Gasteiger partial charge in [0, 0.05) is 11.8 Å². The lowest BCUT2D eigenvalue weighted by Crippen LogP contribution is -2.46. The van der Waals surface area contributed by atoms with E-state index in [4.69, 9.17) is 4.99 Å². The zero-order valence-electron chi connectivity index (χ0n) is 11.6. The molecule has 100 valence electrons. The van der Waals surface area contributed by atoms with Crippen LogP contribution >= 0.6 is 23.1 Å². The minimum atomic E-state index is 0.306. The number of thioether (sulfide) groups is 1. The third kappa shape index (κ3) is 3.51. The van der Waals surface area contributed by atoms with Crippen molar-refractivity contribution in [2.45, 2.75) is 46.7 Å². The summed E-state index contributed by atoms with van der Waals surface area (Å²) < 4.78 is 0. The number of hydrogen-bond donors (Lipinski definition) is 1. The number of aliphatic imine (C=N–C) groups is 1. The van der Waals surface area contributed by atoms with E-state index in [1.807, 2.05) is 11.8 Å². The maximum absolute atomic E-state index is 4.73. The molecule has 18 heavy (non-hydrogen) atoms. The predicted molar refractivity (Wildman–Crippen MR) is 83.6 cm³/mol. The minimum Gasteiger partial charge on any atom is -0.362 e. The quantitative estimate of drug-likeness (QED) is 0.885. The summed E-state index contributed by atoms with van der Waals surface area (Å²) in [4.78, 5) is 4.73. The van der Waals surface area contributed by atoms with Gasteiger partial charge in [-0.3, -0.25) is 4.99 Å². The smallest absolute Gasteiger partial charge is 0.157 e. The van der Waals surface area contributed by atoms with Gasteiger partial charge in [-0.05, 0) is 40.6 Å². The zero-order chi connectivity index (χ0) is 13.2. The van der Waals surface area contributed by atoms with Crippen molar-refractivity contribution < 1.29 is 0 Å². The van der Waals surface area contributed by atoms with Crippen molar-refractivity contribution in [1.82, 2.24) is 5.32 Å². The minimum absolute atomic E-state index is 0.306. The van der Waals surface area contributed by atoms with Gasteiger partial charge in [0.15, 0.2) is 5.17 Å². The first-order chi connectivity index (χ1) is 8.47. The van der Waals surface area contributed by atoms with Gasteiger partial charge in [-0.15, -0.1) is 0 Å². The van der Waals surface area contributed by atoms with Gasteiger partial charge in [0.25, 0.3) is 0 Å². The van der Waals surface area contributed by atoms with Gasteiger partial charge in [-0.1, -0.05) is 32.5 Å². The van der Waals surface area contributed by atoms with Crippen molar-refractivity contribution in [1.29, 1.82) is 0 Å². The summed E-state index contributed by atoms with van der Waals surface area (Å²) in [5, 5.41) is 9.10. The molecule has 1 atom stereocenters. The van der Waals surface area contributed by atoms with Crippen molar-refractivity contribution >= 4 is 28.3 Å². The van der Waals surface area contributed by atoms with E-state index in [0.29, 0.717) is 11.5 Å². The van der Waals surface area contributed by atoms with E-state index in [1.165, 1.54) is 23.3 Å². The first-order valence-electron chi connectivity index (χ1n) is 6.42. The third-order valence-electron chi connectivity index (χ3n) is 3.34. The molecule has 0 radical (unpaired) electrons. The van der Waals surface area contributed by atoms with Crippen LogP contribution in [0, 0.1) is 12.3 Å². The van der Waals surface area contributed by atoms with Gasteiger partial charge in [0.05, 0.1) is 6.54 Å². The van der Waals surface area contributed by atoms with Crippen LogP contribution < -0.4 is 5.32 Å². The maximum Gasteiger partial charge on any atom is 0.157 e. The molecular weight excluding hydrogens is 260 g/mol. The number of aryl methyl sites for hydroxylation is 1. The van der Waals surface area contributed by atoms with Crippen molar-refractivity contribution in [3.8, 4) is 0 Å². The molecule has 1 aromatic rings. The van der Waals surface area contributed by atoms with E-state index in [0.717, 1.165) is 11.7 Å². The Balaban J connectivity index is 1.99. The molecule has 1 saturated heterocycles. The number of hydrogen-bond acceptors (Lipinski definition) is 3. The molecule has 0 spiro atoms. The van der Waals surface area contributed by atoms with Gasteiger partial charge >= 0.3 is 0 Å². The molecule has 0 aromatic carbocycles. The highest BCUT2D eigenvalue weighted by atomic mass is 32.2. The van der Waals surface area contributed by atoms with E-state index in [-0.39, 0.29) is 0 Å². The Morgan fingerprint density at radius 1 is 1.39 bits per heavy atom. The Kier molecular flexibility index (Phi) is 4.38. The normalized spacial score (nSPS) is 23.1. The standard InChI is InChI=1S/C14H22N2S2/c1-10-8-17-9-11(10)7-15-13-16-12(5-6-18-13)14(2,3)4/h8-9,12H,5-7H2,1-4H3,(H,15,16). The molecule has 4 heteroatoms. The van der Waals surface area contributed by atoms with Gasteiger partial charge in [0.2, 0.25) is 0 Å². The second kappa shape index (κ2) is 5.66. The monoisotopic (exact) mass is 282 g/mol. The van der Waals surface area contributed by atoms with Gasteiger partial charge in [-0.25, -0.2) is 0 Å². The zero-order valence-corrected chi connectivity index (χ0v) is 13.3. The fourth-order valence-electron chi connectivity index (χ4n) is 1.98. The largest absolute Gasteiger partial charge is 0.362 e. The van der Waals surface area contributed by atoms with E-state index in [9.17, 15) is 0 Å². The Bertz CT molecular complexity index is 429. The Morgan fingerprint density at radius 3 is 2.78 bits per heavy atom. The Morgan fingerprint density at radius 2 is 2.17 bits per heavy atom. The molecule has 2 nitrogen and oxygen atoms in total. The van der Waals surface area contributed by atoms with Crippen LogP contribution in [0.4, 0.5) is 0 Å². The highest BCUT2D eigenvalue weighted by Crippen LogP contribution is 2.27. The average Bonchev–Trinajstić information content (AvgIpc) is 2.72. The topological polar surface area (TPSA) is 24.4 Å². The lowest BCUT2D eigenvalue weighted by atomic mass is 9.85. The summed E-state index contributed by atoms with van der Waals surface area (Å²) in [6.07, 6.45) is 1.23. The summed E-state index contributed by atoms with van der Waals surface area (Å²) in [6, 6.07) is 0.543. The highest BCUT2D eigenvalue weighted by Gasteiger charge is 2.28. The van der Waals surface area contributed by atoms with Crippen LogP contribution in [-0.4, -0.2) is 17.0 Å². The first kappa shape index (κ1) is 13.9. The molecule has 0 amide bonds. The number of rotatable bonds is 2. The molecular formula is C14H22N2S2. The third-order valence-corrected chi connectivity index (χ3v) is 5.21. The van der Waals surface area contributed by atoms with Gasteiger partial charge < -0.3 is 5.32 Å². The van der Waals surface area contributed by atoms with Crippen molar-refractivity contribution in [2.75, 3.05) is 5.75 Å². The van der Waals surface area contributed by atoms with E-state index < -0.39 is 0 Å². The second-order valence-corrected chi connectivity index (χ2v) is 7.73. The fourth-order valence-corrected chi connectivity index (χ4v) is 3.76. The summed E-state index contributed by atoms with van der Waals surface area (Å²) in [5.74, 6) is 1.18. The molecule has 1 unspecified atom stereocenters. The molecule has 1 fully saturated rings. The molecule has 0 aliphatic carbocycles. The number of amidine groups is 1. The van der Waals surface area contributed by atoms with E-state index in [2.05, 4.69) is 43.8 Å². The van der Waals surface area contributed by atoms with Gasteiger partial charge in [-0.2, -0.15) is 11.3 Å². The summed E-state index contributed by atoms with van der Waals surface area (Å²) in [6.45, 7) is 9.84. The average molecular weight is 282 g/mol. The predicted octanol–water partition coefficient (Wildman–Crippen LogP) is 4.05. The molecule has 0 bridgehead atoms. The van der Waals surface area contributed by atoms with Crippen LogP contribution in [0.1, 0.15) is 38.3 Å². The molecule has 1 aliphatic heterocycles. The first-order valence-corrected chi connectivity index (χ1v) is 8.35. The van der Waals surface area contributed by atoms with Crippen molar-refractivity contribution in [2.24, 2.45) is 10.4 Å². The van der Waals surface area contributed by atoms with Gasteiger partial charge in [0.1, 0.15) is 0 Å². The van der Waals surface area contributed by atoms with E-state index in [1.54, 1.807) is 11.3 Å². The van der Waals surface area contributed by atoms with Crippen LogP contribution in [0.2, 0.25) is 0 Å². The summed E-state index contributed by atoms with van der Waals surface area (Å²) in [5.41, 5.74) is 3.02. The number of nitrogens with zero attached hydrogens (tertiary/aromatic N) is 1. The van der Waals surface area contributed by atoms with Crippen LogP contribution in [0.3, 0.4) is 0 Å². The number of nitrogens with one attached hydrogen (secondary N) is 1. The molecule has 1 aliphatic rings. The Labute approximate surface area is 118 Å². The molecule has 1 N–H and O–H groups in total. The SMILES string of the molecule is Cc1cscc1CN=C1NC(C(C)(C)C)CCS1. The highest BCUT2D eigenvalue weighted by molar-refractivity contribution is 8.13. The fraction of sp³-hybridized carbons (Fsp3) is 0.643. The Hall–Kier alpha value is -0.480. The summed E-state index contributed by atoms with van der Waals surface area (Å²) >= 11 is 3.61. The molecule has 2 heterocycles. The van der Waals surface area contributed by atoms with E-state index >= 15 is 0 Å². The van der Waals surface area contributed by atoms with Crippen LogP contribution in [0.5, 0.6) is 0 Å². The second-order valence-electron chi connectivity index (χ2n) is 5.90. The van der Waals surface area contributed by atoms with Crippen molar-refractivity contribution in [3.05, 3.63) is 21.9 Å². The van der Waals surface area contributed by atoms with Crippen LogP contribution in [-0.2, 0) is 6.54 Å².